The van der Waals surface area contributed by atoms with E-state index in [1.54, 1.807) is 48.7 Å². The Morgan fingerprint density at radius 3 is 2.63 bits per heavy atom. The van der Waals surface area contributed by atoms with E-state index in [2.05, 4.69) is 10.6 Å². The summed E-state index contributed by atoms with van der Waals surface area (Å²) in [5.74, 6) is -1.04. The summed E-state index contributed by atoms with van der Waals surface area (Å²) in [6, 6.07) is 13.1. The van der Waals surface area contributed by atoms with Crippen molar-refractivity contribution in [3.8, 4) is 11.3 Å². The van der Waals surface area contributed by atoms with Crippen LogP contribution in [0.15, 0.2) is 83.7 Å². The van der Waals surface area contributed by atoms with E-state index in [-0.39, 0.29) is 10.5 Å². The number of hydroxylamine groups is 3. The number of nitrogens with one attached hydrogen (secondary N) is 1. The molecular weight excluding hydrogens is 408 g/mol. The number of rotatable bonds is 4. The number of allylic oxidation sites excluding steroid dienone is 2. The molecule has 5 rings (SSSR count). The van der Waals surface area contributed by atoms with Crippen LogP contribution in [0.4, 0.5) is 0 Å². The normalized spacial score (nSPS) is 15.5. The van der Waals surface area contributed by atoms with Crippen molar-refractivity contribution in [3.63, 3.8) is 0 Å². The van der Waals surface area contributed by atoms with Gasteiger partial charge in [0, 0.05) is 17.1 Å². The van der Waals surface area contributed by atoms with Gasteiger partial charge in [0.25, 0.3) is 10.0 Å². The monoisotopic (exact) mass is 422 g/mol. The smallest absolute Gasteiger partial charge is 0.335 e. The van der Waals surface area contributed by atoms with Crippen LogP contribution in [0.3, 0.4) is 0 Å². The SMILES string of the molecule is O=C(O)c1ccc(-c2nn(S(=O)(=O)C3=CC=CN4ONC=C34)c3ccccc23)cc1. The zero-order chi connectivity index (χ0) is 20.9. The molecule has 30 heavy (non-hydrogen) atoms. The average molecular weight is 422 g/mol. The summed E-state index contributed by atoms with van der Waals surface area (Å²) in [5.41, 5.74) is 4.45. The van der Waals surface area contributed by atoms with Crippen molar-refractivity contribution in [2.45, 2.75) is 0 Å². The molecule has 0 spiro atoms. The summed E-state index contributed by atoms with van der Waals surface area (Å²) < 4.78 is 28.0. The first-order valence-electron chi connectivity index (χ1n) is 8.84. The Kier molecular flexibility index (Phi) is 3.98. The van der Waals surface area contributed by atoms with Crippen LogP contribution >= 0.6 is 0 Å². The zero-order valence-electron chi connectivity index (χ0n) is 15.3. The van der Waals surface area contributed by atoms with Gasteiger partial charge in [0.1, 0.15) is 16.3 Å². The van der Waals surface area contributed by atoms with Crippen LogP contribution in [-0.2, 0) is 15.0 Å². The van der Waals surface area contributed by atoms with Gasteiger partial charge in [0.05, 0.1) is 17.3 Å². The van der Waals surface area contributed by atoms with E-state index in [9.17, 15) is 13.2 Å². The molecule has 2 N–H and O–H groups in total. The van der Waals surface area contributed by atoms with E-state index in [1.165, 1.54) is 29.5 Å². The number of para-hydroxylation sites is 1. The Morgan fingerprint density at radius 1 is 1.10 bits per heavy atom. The van der Waals surface area contributed by atoms with Crippen LogP contribution in [0.2, 0.25) is 0 Å². The molecule has 1 aromatic heterocycles. The molecule has 0 radical (unpaired) electrons. The average Bonchev–Trinajstić information content (AvgIpc) is 3.38. The van der Waals surface area contributed by atoms with Gasteiger partial charge < -0.3 is 5.11 Å². The Morgan fingerprint density at radius 2 is 1.87 bits per heavy atom. The van der Waals surface area contributed by atoms with E-state index < -0.39 is 16.0 Å². The Balaban J connectivity index is 1.68. The van der Waals surface area contributed by atoms with Crippen LogP contribution in [0, 0.1) is 0 Å². The first-order chi connectivity index (χ1) is 14.5. The van der Waals surface area contributed by atoms with Crippen molar-refractivity contribution in [2.24, 2.45) is 0 Å². The first kappa shape index (κ1) is 18.2. The molecule has 0 aliphatic carbocycles. The van der Waals surface area contributed by atoms with Crippen molar-refractivity contribution in [1.82, 2.24) is 19.7 Å². The van der Waals surface area contributed by atoms with Gasteiger partial charge in [-0.3, -0.25) is 0 Å². The van der Waals surface area contributed by atoms with Gasteiger partial charge in [-0.15, -0.1) is 0 Å². The predicted octanol–water partition coefficient (Wildman–Crippen LogP) is 2.58. The van der Waals surface area contributed by atoms with Crippen LogP contribution in [-0.4, -0.2) is 33.7 Å². The molecular formula is C20H14N4O5S. The summed E-state index contributed by atoms with van der Waals surface area (Å²) in [6.07, 6.45) is 6.08. The minimum atomic E-state index is -4.06. The van der Waals surface area contributed by atoms with E-state index in [0.717, 1.165) is 4.09 Å². The molecule has 9 nitrogen and oxygen atoms in total. The molecule has 0 saturated carbocycles. The molecule has 0 saturated heterocycles. The lowest BCUT2D eigenvalue weighted by Gasteiger charge is -2.19. The van der Waals surface area contributed by atoms with E-state index >= 15 is 0 Å². The summed E-state index contributed by atoms with van der Waals surface area (Å²) in [4.78, 5) is 16.3. The van der Waals surface area contributed by atoms with Gasteiger partial charge in [-0.05, 0) is 30.4 Å². The number of aromatic carboxylic acids is 1. The summed E-state index contributed by atoms with van der Waals surface area (Å²) in [7, 11) is -4.06. The second kappa shape index (κ2) is 6.58. The number of aromatic nitrogens is 2. The quantitative estimate of drug-likeness (QED) is 0.660. The van der Waals surface area contributed by atoms with Gasteiger partial charge in [-0.2, -0.15) is 22.5 Å². The highest BCUT2D eigenvalue weighted by Crippen LogP contribution is 2.33. The number of nitrogens with zero attached hydrogens (tertiary/aromatic N) is 3. The molecule has 3 heterocycles. The highest BCUT2D eigenvalue weighted by atomic mass is 32.2. The van der Waals surface area contributed by atoms with Gasteiger partial charge in [0.15, 0.2) is 0 Å². The second-order valence-electron chi connectivity index (χ2n) is 6.53. The van der Waals surface area contributed by atoms with E-state index in [0.29, 0.717) is 27.9 Å². The minimum absolute atomic E-state index is 0.0241. The number of carboxylic acid groups (broad SMARTS) is 1. The summed E-state index contributed by atoms with van der Waals surface area (Å²) >= 11 is 0. The Labute approximate surface area is 170 Å². The minimum Gasteiger partial charge on any atom is -0.478 e. The van der Waals surface area contributed by atoms with Crippen LogP contribution in [0.1, 0.15) is 10.4 Å². The zero-order valence-corrected chi connectivity index (χ0v) is 16.1. The molecule has 10 heteroatoms. The van der Waals surface area contributed by atoms with Crippen LogP contribution < -0.4 is 5.48 Å². The number of fused-ring (bicyclic) bond motifs is 2. The topological polar surface area (TPSA) is 114 Å². The molecule has 2 aliphatic heterocycles. The maximum absolute atomic E-state index is 13.5. The molecule has 0 amide bonds. The third-order valence-electron chi connectivity index (χ3n) is 4.77. The molecule has 2 aromatic carbocycles. The van der Waals surface area contributed by atoms with Gasteiger partial charge in [-0.1, -0.05) is 30.3 Å². The number of hydrogen-bond acceptors (Lipinski definition) is 7. The fourth-order valence-corrected chi connectivity index (χ4v) is 4.81. The maximum Gasteiger partial charge on any atom is 0.335 e. The van der Waals surface area contributed by atoms with Crippen molar-refractivity contribution < 1.29 is 23.3 Å². The molecule has 0 fully saturated rings. The Hall–Kier alpha value is -3.89. The van der Waals surface area contributed by atoms with Crippen molar-refractivity contribution >= 4 is 26.9 Å². The predicted molar refractivity (Wildman–Crippen MR) is 108 cm³/mol. The summed E-state index contributed by atoms with van der Waals surface area (Å²) in [5, 5.41) is 15.5. The molecule has 150 valence electrons. The van der Waals surface area contributed by atoms with E-state index in [1.807, 2.05) is 0 Å². The number of carboxylic acids is 1. The van der Waals surface area contributed by atoms with Crippen molar-refractivity contribution in [2.75, 3.05) is 0 Å². The third-order valence-corrected chi connectivity index (χ3v) is 6.41. The summed E-state index contributed by atoms with van der Waals surface area (Å²) in [6.45, 7) is 0. The third kappa shape index (κ3) is 2.70. The van der Waals surface area contributed by atoms with Crippen molar-refractivity contribution in [3.05, 3.63) is 89.2 Å². The highest BCUT2D eigenvalue weighted by Gasteiger charge is 2.33. The lowest BCUT2D eigenvalue weighted by Crippen LogP contribution is -2.24. The largest absolute Gasteiger partial charge is 0.478 e. The fraction of sp³-hybridized carbons (Fsp3) is 0. The maximum atomic E-state index is 13.5. The van der Waals surface area contributed by atoms with Crippen molar-refractivity contribution in [1.29, 1.82) is 0 Å². The molecule has 0 unspecified atom stereocenters. The lowest BCUT2D eigenvalue weighted by atomic mass is 10.1. The number of benzene rings is 2. The van der Waals surface area contributed by atoms with Gasteiger partial charge in [0.2, 0.25) is 0 Å². The van der Waals surface area contributed by atoms with Crippen LogP contribution in [0.5, 0.6) is 0 Å². The number of carbonyl (C=O) groups is 1. The molecule has 0 atom stereocenters. The fourth-order valence-electron chi connectivity index (χ4n) is 3.35. The lowest BCUT2D eigenvalue weighted by molar-refractivity contribution is -0.112. The highest BCUT2D eigenvalue weighted by molar-refractivity contribution is 7.94. The second-order valence-corrected chi connectivity index (χ2v) is 8.27. The first-order valence-corrected chi connectivity index (χ1v) is 10.3. The Bertz CT molecular complexity index is 1380. The van der Waals surface area contributed by atoms with Gasteiger partial charge >= 0.3 is 5.97 Å². The van der Waals surface area contributed by atoms with E-state index in [4.69, 9.17) is 10.0 Å². The molecule has 3 aromatic rings. The molecule has 2 aliphatic rings. The standard InChI is InChI=1S/C20H14N4O5S/c25-20(26)14-9-7-13(8-10-14)19-15-4-1-2-5-16(15)24(22-19)30(27,28)18-6-3-11-23-17(18)12-21-29-23/h1-12,21H,(H,25,26). The van der Waals surface area contributed by atoms with Gasteiger partial charge in [-0.25, -0.2) is 15.3 Å². The molecule has 0 bridgehead atoms. The number of hydrogen-bond donors (Lipinski definition) is 2. The van der Waals surface area contributed by atoms with Crippen LogP contribution in [0.25, 0.3) is 22.2 Å².